The van der Waals surface area contributed by atoms with Crippen molar-refractivity contribution in [3.63, 3.8) is 0 Å². The maximum absolute atomic E-state index is 11.8. The largest absolute Gasteiger partial charge is 0.380 e. The molecule has 0 bridgehead atoms. The molecule has 0 fully saturated rings. The molecule has 0 aliphatic rings. The zero-order valence-electron chi connectivity index (χ0n) is 10.9. The van der Waals surface area contributed by atoms with E-state index in [0.29, 0.717) is 12.2 Å². The average Bonchev–Trinajstić information content (AvgIpc) is 2.88. The molecule has 102 valence electrons. The van der Waals surface area contributed by atoms with E-state index in [1.165, 1.54) is 10.2 Å². The van der Waals surface area contributed by atoms with Crippen molar-refractivity contribution in [1.29, 1.82) is 0 Å². The van der Waals surface area contributed by atoms with Crippen molar-refractivity contribution in [3.8, 4) is 0 Å². The van der Waals surface area contributed by atoms with Crippen molar-refractivity contribution in [2.24, 2.45) is 0 Å². The van der Waals surface area contributed by atoms with Crippen LogP contribution in [0.5, 0.6) is 0 Å². The van der Waals surface area contributed by atoms with Gasteiger partial charge in [-0.15, -0.1) is 0 Å². The molecular formula is C13H16ClN3OS. The second-order valence-electron chi connectivity index (χ2n) is 4.37. The van der Waals surface area contributed by atoms with E-state index in [9.17, 15) is 4.79 Å². The first-order valence-electron chi connectivity index (χ1n) is 6.15. The van der Waals surface area contributed by atoms with Gasteiger partial charge in [0.15, 0.2) is 0 Å². The Labute approximate surface area is 121 Å². The average molecular weight is 298 g/mol. The lowest BCUT2D eigenvalue weighted by Gasteiger charge is -2.15. The van der Waals surface area contributed by atoms with Crippen molar-refractivity contribution in [2.45, 2.75) is 32.9 Å². The lowest BCUT2D eigenvalue weighted by molar-refractivity contribution is 0.615. The number of thiophene rings is 1. The molecule has 19 heavy (non-hydrogen) atoms. The van der Waals surface area contributed by atoms with Crippen LogP contribution < -0.4 is 10.9 Å². The van der Waals surface area contributed by atoms with E-state index in [4.69, 9.17) is 11.6 Å². The number of halogens is 1. The molecular weight excluding hydrogens is 282 g/mol. The number of aromatic nitrogens is 2. The highest BCUT2D eigenvalue weighted by Crippen LogP contribution is 2.18. The predicted molar refractivity (Wildman–Crippen MR) is 80.3 cm³/mol. The van der Waals surface area contributed by atoms with Gasteiger partial charge in [-0.3, -0.25) is 4.79 Å². The fourth-order valence-electron chi connectivity index (χ4n) is 1.87. The molecule has 1 N–H and O–H groups in total. The molecule has 4 nitrogen and oxygen atoms in total. The summed E-state index contributed by atoms with van der Waals surface area (Å²) in [6.45, 7) is 4.43. The highest BCUT2D eigenvalue weighted by molar-refractivity contribution is 7.07. The minimum atomic E-state index is -0.253. The summed E-state index contributed by atoms with van der Waals surface area (Å²) >= 11 is 7.75. The molecule has 0 aromatic carbocycles. The fourth-order valence-corrected chi connectivity index (χ4v) is 2.75. The topological polar surface area (TPSA) is 46.9 Å². The molecule has 2 aromatic heterocycles. The smallest absolute Gasteiger partial charge is 0.287 e. The molecule has 0 spiro atoms. The Balaban J connectivity index is 2.11. The van der Waals surface area contributed by atoms with Crippen LogP contribution in [0.25, 0.3) is 0 Å². The van der Waals surface area contributed by atoms with Crippen LogP contribution in [0.15, 0.2) is 27.8 Å². The van der Waals surface area contributed by atoms with Crippen molar-refractivity contribution in [1.82, 2.24) is 9.78 Å². The molecule has 6 heteroatoms. The van der Waals surface area contributed by atoms with E-state index in [1.54, 1.807) is 17.5 Å². The first-order chi connectivity index (χ1) is 9.11. The van der Waals surface area contributed by atoms with Gasteiger partial charge in [-0.05, 0) is 42.7 Å². The Morgan fingerprint density at radius 1 is 1.58 bits per heavy atom. The highest BCUT2D eigenvalue weighted by atomic mass is 35.5. The Kier molecular flexibility index (Phi) is 4.61. The maximum atomic E-state index is 11.8. The van der Waals surface area contributed by atoms with Crippen molar-refractivity contribution < 1.29 is 0 Å². The number of anilines is 1. The molecule has 2 rings (SSSR count). The second kappa shape index (κ2) is 6.21. The van der Waals surface area contributed by atoms with E-state index < -0.39 is 0 Å². The molecule has 0 aliphatic carbocycles. The molecule has 1 unspecified atom stereocenters. The standard InChI is InChI=1S/C13H16ClN3OS/c1-3-17-13(18)12(14)11(7-15-17)16-9(2)6-10-4-5-19-8-10/h4-5,7-9,16H,3,6H2,1-2H3. The van der Waals surface area contributed by atoms with Crippen LogP contribution in [0.2, 0.25) is 5.02 Å². The number of rotatable bonds is 5. The van der Waals surface area contributed by atoms with Crippen molar-refractivity contribution in [2.75, 3.05) is 5.32 Å². The van der Waals surface area contributed by atoms with Crippen LogP contribution in [-0.2, 0) is 13.0 Å². The minimum Gasteiger partial charge on any atom is -0.380 e. The Morgan fingerprint density at radius 2 is 2.37 bits per heavy atom. The van der Waals surface area contributed by atoms with E-state index in [1.807, 2.05) is 6.92 Å². The summed E-state index contributed by atoms with van der Waals surface area (Å²) in [5, 5.41) is 11.7. The Hall–Kier alpha value is -1.33. The van der Waals surface area contributed by atoms with Crippen molar-refractivity contribution >= 4 is 28.6 Å². The molecule has 0 saturated carbocycles. The lowest BCUT2D eigenvalue weighted by Crippen LogP contribution is -2.25. The summed E-state index contributed by atoms with van der Waals surface area (Å²) in [5.41, 5.74) is 1.62. The van der Waals surface area contributed by atoms with E-state index in [2.05, 4.69) is 34.2 Å². The summed E-state index contributed by atoms with van der Waals surface area (Å²) in [5.74, 6) is 0. The summed E-state index contributed by atoms with van der Waals surface area (Å²) < 4.78 is 1.34. The predicted octanol–water partition coefficient (Wildman–Crippen LogP) is 3.02. The van der Waals surface area contributed by atoms with E-state index >= 15 is 0 Å². The Morgan fingerprint density at radius 3 is 3.00 bits per heavy atom. The second-order valence-corrected chi connectivity index (χ2v) is 5.53. The molecule has 2 heterocycles. The molecule has 0 radical (unpaired) electrons. The van der Waals surface area contributed by atoms with Crippen LogP contribution in [0, 0.1) is 0 Å². The van der Waals surface area contributed by atoms with Gasteiger partial charge in [0.25, 0.3) is 5.56 Å². The third-order valence-electron chi connectivity index (χ3n) is 2.81. The van der Waals surface area contributed by atoms with Crippen LogP contribution in [-0.4, -0.2) is 15.8 Å². The van der Waals surface area contributed by atoms with Gasteiger partial charge in [0, 0.05) is 12.6 Å². The summed E-state index contributed by atoms with van der Waals surface area (Å²) in [4.78, 5) is 11.8. The molecule has 0 amide bonds. The zero-order valence-corrected chi connectivity index (χ0v) is 12.5. The van der Waals surface area contributed by atoms with Gasteiger partial charge in [0.05, 0.1) is 11.9 Å². The van der Waals surface area contributed by atoms with Gasteiger partial charge in [-0.2, -0.15) is 16.4 Å². The third kappa shape index (κ3) is 3.36. The van der Waals surface area contributed by atoms with Crippen LogP contribution in [0.3, 0.4) is 0 Å². The van der Waals surface area contributed by atoms with Crippen molar-refractivity contribution in [3.05, 3.63) is 44.0 Å². The normalized spacial score (nSPS) is 12.4. The summed E-state index contributed by atoms with van der Waals surface area (Å²) in [6, 6.07) is 2.28. The van der Waals surface area contributed by atoms with Crippen LogP contribution in [0.4, 0.5) is 5.69 Å². The summed E-state index contributed by atoms with van der Waals surface area (Å²) in [6.07, 6.45) is 2.49. The SMILES string of the molecule is CCn1ncc(NC(C)Cc2ccsc2)c(Cl)c1=O. The number of nitrogens with one attached hydrogen (secondary N) is 1. The van der Waals surface area contributed by atoms with Gasteiger partial charge < -0.3 is 5.32 Å². The third-order valence-corrected chi connectivity index (χ3v) is 3.91. The minimum absolute atomic E-state index is 0.186. The Bertz CT molecular complexity index is 594. The fraction of sp³-hybridized carbons (Fsp3) is 0.385. The molecule has 2 aromatic rings. The number of nitrogens with zero attached hydrogens (tertiary/aromatic N) is 2. The maximum Gasteiger partial charge on any atom is 0.287 e. The van der Waals surface area contributed by atoms with Gasteiger partial charge in [0.1, 0.15) is 5.02 Å². The molecule has 0 aliphatic heterocycles. The first kappa shape index (κ1) is 14.1. The first-order valence-corrected chi connectivity index (χ1v) is 7.47. The zero-order chi connectivity index (χ0) is 13.8. The van der Waals surface area contributed by atoms with Gasteiger partial charge in [-0.25, -0.2) is 4.68 Å². The number of hydrogen-bond donors (Lipinski definition) is 1. The molecule has 1 atom stereocenters. The lowest BCUT2D eigenvalue weighted by atomic mass is 10.1. The molecule has 0 saturated heterocycles. The quantitative estimate of drug-likeness (QED) is 0.923. The van der Waals surface area contributed by atoms with Gasteiger partial charge in [0.2, 0.25) is 0 Å². The number of hydrogen-bond acceptors (Lipinski definition) is 4. The highest BCUT2D eigenvalue weighted by Gasteiger charge is 2.11. The number of aryl methyl sites for hydroxylation is 1. The van der Waals surface area contributed by atoms with Crippen LogP contribution in [0.1, 0.15) is 19.4 Å². The van der Waals surface area contributed by atoms with Gasteiger partial charge in [-0.1, -0.05) is 11.6 Å². The summed E-state index contributed by atoms with van der Waals surface area (Å²) in [7, 11) is 0. The van der Waals surface area contributed by atoms with E-state index in [0.717, 1.165) is 6.42 Å². The van der Waals surface area contributed by atoms with Gasteiger partial charge >= 0.3 is 0 Å². The van der Waals surface area contributed by atoms with Crippen LogP contribution >= 0.6 is 22.9 Å². The van der Waals surface area contributed by atoms with E-state index in [-0.39, 0.29) is 16.6 Å². The monoisotopic (exact) mass is 297 g/mol.